The van der Waals surface area contributed by atoms with Gasteiger partial charge in [0.1, 0.15) is 17.0 Å². The van der Waals surface area contributed by atoms with E-state index in [4.69, 9.17) is 4.74 Å². The van der Waals surface area contributed by atoms with Gasteiger partial charge in [-0.15, -0.1) is 0 Å². The number of rotatable bonds is 1. The minimum absolute atomic E-state index is 0.0717. The molecule has 47 heavy (non-hydrogen) atoms. The van der Waals surface area contributed by atoms with E-state index in [0.717, 1.165) is 17.3 Å². The van der Waals surface area contributed by atoms with E-state index >= 15 is 0 Å². The van der Waals surface area contributed by atoms with Gasteiger partial charge in [-0.05, 0) is 70.1 Å². The van der Waals surface area contributed by atoms with Gasteiger partial charge in [-0.2, -0.15) is 4.57 Å². The number of aromatic nitrogens is 2. The molecule has 0 saturated heterocycles. The number of pyridine rings is 1. The first-order chi connectivity index (χ1) is 23.2. The molecule has 12 rings (SSSR count). The van der Waals surface area contributed by atoms with Crippen molar-refractivity contribution in [2.75, 3.05) is 11.9 Å². The summed E-state index contributed by atoms with van der Waals surface area (Å²) >= 11 is 0. The Hall–Kier alpha value is -6.07. The fourth-order valence-corrected chi connectivity index (χ4v) is 9.54. The number of nitrogens with zero attached hydrogens (tertiary/aromatic N) is 4. The number of hydrogen-bond acceptors (Lipinski definition) is 3. The number of fused-ring (bicyclic) bond motifs is 9. The van der Waals surface area contributed by atoms with Gasteiger partial charge in [-0.1, -0.05) is 72.8 Å². The Bertz CT molecular complexity index is 2720. The van der Waals surface area contributed by atoms with Crippen molar-refractivity contribution in [3.8, 4) is 17.3 Å². The largest absolute Gasteiger partial charge is 0.456 e. The van der Waals surface area contributed by atoms with Crippen molar-refractivity contribution >= 4 is 54.7 Å². The number of benzene rings is 6. The molecule has 0 radical (unpaired) electrons. The summed E-state index contributed by atoms with van der Waals surface area (Å²) in [5.74, 6) is 3.01. The maximum atomic E-state index is 6.88. The van der Waals surface area contributed by atoms with Crippen LogP contribution in [0.1, 0.15) is 16.7 Å². The summed E-state index contributed by atoms with van der Waals surface area (Å²) in [4.78, 5) is 5.05. The van der Waals surface area contributed by atoms with Gasteiger partial charge in [0.05, 0.1) is 28.7 Å². The van der Waals surface area contributed by atoms with Crippen LogP contribution in [0.5, 0.6) is 11.5 Å². The molecule has 220 valence electrons. The Labute approximate surface area is 270 Å². The molecule has 6 aromatic carbocycles. The standard InChI is InChI=1S/C42H27N4O/c1-43-33(37-27-13-4-2-11-25(27)23-26-12-3-5-14-28(26)37)24-44-32-17-10-18-34-38(32)42(41(43)44)39-35(47-34)21-20-30-29-15-6-7-16-31(29)46(40(30)39)36-19-8-9-22-45(36)42/h2-24,41H,1H3/q+1. The van der Waals surface area contributed by atoms with Crippen molar-refractivity contribution in [3.63, 3.8) is 0 Å². The predicted octanol–water partition coefficient (Wildman–Crippen LogP) is 8.68. The molecule has 8 aromatic rings. The van der Waals surface area contributed by atoms with E-state index < -0.39 is 5.54 Å². The highest BCUT2D eigenvalue weighted by Crippen LogP contribution is 2.63. The molecule has 0 fully saturated rings. The smallest absolute Gasteiger partial charge is 0.288 e. The van der Waals surface area contributed by atoms with Crippen molar-refractivity contribution in [2.45, 2.75) is 11.7 Å². The molecule has 0 saturated carbocycles. The molecular weight excluding hydrogens is 576 g/mol. The number of hydrogen-bond donors (Lipinski definition) is 0. The molecule has 4 aliphatic rings. The van der Waals surface area contributed by atoms with Gasteiger partial charge in [-0.3, -0.25) is 0 Å². The molecule has 0 bridgehead atoms. The highest BCUT2D eigenvalue weighted by molar-refractivity contribution is 6.13. The first kappa shape index (κ1) is 24.2. The molecule has 2 atom stereocenters. The van der Waals surface area contributed by atoms with Gasteiger partial charge in [0.2, 0.25) is 5.54 Å². The maximum Gasteiger partial charge on any atom is 0.288 e. The van der Waals surface area contributed by atoms with E-state index in [9.17, 15) is 0 Å². The van der Waals surface area contributed by atoms with E-state index in [0.29, 0.717) is 0 Å². The van der Waals surface area contributed by atoms with Crippen LogP contribution in [0.4, 0.5) is 5.69 Å². The Morgan fingerprint density at radius 1 is 0.660 bits per heavy atom. The Kier molecular flexibility index (Phi) is 4.12. The van der Waals surface area contributed by atoms with Gasteiger partial charge in [0.25, 0.3) is 5.82 Å². The Morgan fingerprint density at radius 2 is 1.38 bits per heavy atom. The molecule has 5 heteroatoms. The monoisotopic (exact) mass is 603 g/mol. The van der Waals surface area contributed by atoms with Crippen LogP contribution in [0, 0.1) is 0 Å². The number of anilines is 1. The Balaban J connectivity index is 1.24. The van der Waals surface area contributed by atoms with Gasteiger partial charge < -0.3 is 14.5 Å². The highest BCUT2D eigenvalue weighted by Gasteiger charge is 2.68. The van der Waals surface area contributed by atoms with Gasteiger partial charge in [0, 0.05) is 35.6 Å². The number of para-hydroxylation sites is 1. The van der Waals surface area contributed by atoms with Gasteiger partial charge in [-0.25, -0.2) is 4.57 Å². The molecule has 2 aromatic heterocycles. The first-order valence-electron chi connectivity index (χ1n) is 16.3. The minimum Gasteiger partial charge on any atom is -0.456 e. The van der Waals surface area contributed by atoms with Crippen LogP contribution < -0.4 is 14.2 Å². The fourth-order valence-electron chi connectivity index (χ4n) is 9.54. The van der Waals surface area contributed by atoms with Crippen LogP contribution in [0.15, 0.2) is 140 Å². The lowest BCUT2D eigenvalue weighted by atomic mass is 9.76. The van der Waals surface area contributed by atoms with Gasteiger partial charge in [0.15, 0.2) is 11.7 Å². The predicted molar refractivity (Wildman–Crippen MR) is 187 cm³/mol. The second kappa shape index (κ2) is 8.01. The van der Waals surface area contributed by atoms with E-state index in [-0.39, 0.29) is 6.17 Å². The first-order valence-corrected chi connectivity index (χ1v) is 16.3. The fraction of sp³-hybridized carbons (Fsp3) is 0.0714. The van der Waals surface area contributed by atoms with E-state index in [1.165, 1.54) is 71.4 Å². The topological polar surface area (TPSA) is 24.5 Å². The molecule has 1 spiro atoms. The normalized spacial score (nSPS) is 19.7. The van der Waals surface area contributed by atoms with Crippen LogP contribution in [0.3, 0.4) is 0 Å². The van der Waals surface area contributed by atoms with Crippen LogP contribution in [0.25, 0.3) is 54.9 Å². The van der Waals surface area contributed by atoms with Crippen molar-refractivity contribution in [1.29, 1.82) is 0 Å². The maximum absolute atomic E-state index is 6.88. The third-order valence-corrected chi connectivity index (χ3v) is 11.2. The molecule has 0 amide bonds. The van der Waals surface area contributed by atoms with Crippen molar-refractivity contribution in [3.05, 3.63) is 156 Å². The molecule has 6 heterocycles. The van der Waals surface area contributed by atoms with Crippen molar-refractivity contribution in [2.24, 2.45) is 0 Å². The second-order valence-corrected chi connectivity index (χ2v) is 13.2. The van der Waals surface area contributed by atoms with Crippen LogP contribution >= 0.6 is 0 Å². The SMILES string of the molecule is CN1C(c2c3ccccc3cc3ccccc23)=CN2c3cccc4c3C3(c5c(ccc6c7ccccc7n(c56)-c5cccc[n+]53)O4)C12. The summed E-state index contributed by atoms with van der Waals surface area (Å²) in [7, 11) is 2.29. The quantitative estimate of drug-likeness (QED) is 0.139. The number of likely N-dealkylation sites (N-methyl/N-ethyl adjacent to an activating group) is 1. The van der Waals surface area contributed by atoms with Crippen molar-refractivity contribution in [1.82, 2.24) is 9.47 Å². The van der Waals surface area contributed by atoms with E-state index in [1.807, 2.05) is 0 Å². The molecule has 4 aliphatic heterocycles. The van der Waals surface area contributed by atoms with E-state index in [2.05, 4.69) is 166 Å². The lowest BCUT2D eigenvalue weighted by Crippen LogP contribution is -2.70. The zero-order valence-electron chi connectivity index (χ0n) is 25.6. The summed E-state index contributed by atoms with van der Waals surface area (Å²) in [5, 5.41) is 7.55. The summed E-state index contributed by atoms with van der Waals surface area (Å²) in [6, 6.07) is 46.4. The highest BCUT2D eigenvalue weighted by atomic mass is 16.5. The van der Waals surface area contributed by atoms with Crippen LogP contribution in [0.2, 0.25) is 0 Å². The van der Waals surface area contributed by atoms with Crippen LogP contribution in [-0.2, 0) is 5.54 Å². The summed E-state index contributed by atoms with van der Waals surface area (Å²) in [6.07, 6.45) is 4.61. The minimum atomic E-state index is -0.576. The second-order valence-electron chi connectivity index (χ2n) is 13.2. The summed E-state index contributed by atoms with van der Waals surface area (Å²) in [5.41, 5.74) is 8.00. The van der Waals surface area contributed by atoms with Gasteiger partial charge >= 0.3 is 0 Å². The van der Waals surface area contributed by atoms with Crippen molar-refractivity contribution < 1.29 is 9.30 Å². The summed E-state index contributed by atoms with van der Waals surface area (Å²) < 4.78 is 11.9. The average molecular weight is 604 g/mol. The molecular formula is C42H27N4O+. The molecule has 5 nitrogen and oxygen atoms in total. The Morgan fingerprint density at radius 3 is 2.21 bits per heavy atom. The summed E-state index contributed by atoms with van der Waals surface area (Å²) in [6.45, 7) is 0. The lowest BCUT2D eigenvalue weighted by molar-refractivity contribution is -0.743. The number of ether oxygens (including phenoxy) is 1. The molecule has 0 N–H and O–H groups in total. The van der Waals surface area contributed by atoms with E-state index in [1.54, 1.807) is 0 Å². The zero-order chi connectivity index (χ0) is 30.6. The zero-order valence-corrected chi connectivity index (χ0v) is 25.6. The third kappa shape index (κ3) is 2.59. The molecule has 2 unspecified atom stereocenters. The average Bonchev–Trinajstić information content (AvgIpc) is 3.74. The lowest BCUT2D eigenvalue weighted by Gasteiger charge is -2.43. The molecule has 0 aliphatic carbocycles. The van der Waals surface area contributed by atoms with Crippen LogP contribution in [-0.4, -0.2) is 22.7 Å². The third-order valence-electron chi connectivity index (χ3n) is 11.2.